The lowest BCUT2D eigenvalue weighted by Gasteiger charge is -2.18. The van der Waals surface area contributed by atoms with Crippen LogP contribution in [0.3, 0.4) is 0 Å². The Hall–Kier alpha value is -3.14. The summed E-state index contributed by atoms with van der Waals surface area (Å²) in [5.41, 5.74) is 2.79. The number of aliphatic imine (C=N–C) groups is 1. The van der Waals surface area contributed by atoms with Gasteiger partial charge in [-0.1, -0.05) is 72.0 Å². The van der Waals surface area contributed by atoms with Gasteiger partial charge in [0.15, 0.2) is 3.95 Å². The molecule has 0 saturated carbocycles. The smallest absolute Gasteiger partial charge is 0.329 e. The minimum atomic E-state index is -0.775. The van der Waals surface area contributed by atoms with Gasteiger partial charge in [-0.05, 0) is 24.7 Å². The quantitative estimate of drug-likeness (QED) is 0.179. The van der Waals surface area contributed by atoms with Gasteiger partial charge >= 0.3 is 5.97 Å². The summed E-state index contributed by atoms with van der Waals surface area (Å²) in [6.45, 7) is 1.99. The molecule has 6 nitrogen and oxygen atoms in total. The maximum atomic E-state index is 12.7. The molecule has 33 heavy (non-hydrogen) atoms. The second-order valence-corrected chi connectivity index (χ2v) is 9.54. The lowest BCUT2D eigenvalue weighted by molar-refractivity contribution is -0.147. The van der Waals surface area contributed by atoms with E-state index in [1.54, 1.807) is 6.92 Å². The summed E-state index contributed by atoms with van der Waals surface area (Å²) in [6.07, 6.45) is 1.88. The molecule has 1 atom stereocenters. The second-order valence-electron chi connectivity index (χ2n) is 7.02. The maximum absolute atomic E-state index is 12.7. The number of thiazole rings is 2. The van der Waals surface area contributed by atoms with Crippen molar-refractivity contribution < 1.29 is 14.6 Å². The number of ether oxygens (including phenoxy) is 1. The van der Waals surface area contributed by atoms with Crippen molar-refractivity contribution in [2.45, 2.75) is 19.4 Å². The minimum Gasteiger partial charge on any atom is -0.493 e. The highest BCUT2D eigenvalue weighted by molar-refractivity contribution is 7.73. The van der Waals surface area contributed by atoms with E-state index in [4.69, 9.17) is 17.0 Å². The van der Waals surface area contributed by atoms with Gasteiger partial charge in [0.05, 0.1) is 18.5 Å². The Morgan fingerprint density at radius 3 is 2.61 bits per heavy atom. The summed E-state index contributed by atoms with van der Waals surface area (Å²) in [5.74, 6) is -0.552. The fraction of sp³-hybridized carbons (Fsp3) is 0.167. The third-order valence-electron chi connectivity index (χ3n) is 4.84. The molecule has 0 aliphatic carbocycles. The molecule has 0 bridgehead atoms. The molecule has 0 aliphatic rings. The van der Waals surface area contributed by atoms with E-state index in [0.29, 0.717) is 20.4 Å². The number of rotatable bonds is 8. The van der Waals surface area contributed by atoms with E-state index in [-0.39, 0.29) is 12.5 Å². The largest absolute Gasteiger partial charge is 0.493 e. The maximum Gasteiger partial charge on any atom is 0.329 e. The van der Waals surface area contributed by atoms with Crippen molar-refractivity contribution in [2.75, 3.05) is 6.61 Å². The van der Waals surface area contributed by atoms with Crippen molar-refractivity contribution in [1.82, 2.24) is 9.55 Å². The van der Waals surface area contributed by atoms with Crippen LogP contribution in [0.4, 0.5) is 5.13 Å². The monoisotopic (exact) mass is 495 g/mol. The lowest BCUT2D eigenvalue weighted by atomic mass is 10.1. The van der Waals surface area contributed by atoms with Gasteiger partial charge in [-0.15, -0.1) is 11.3 Å². The molecule has 0 amide bonds. The van der Waals surface area contributed by atoms with Gasteiger partial charge in [0.2, 0.25) is 11.0 Å². The zero-order valence-electron chi connectivity index (χ0n) is 17.7. The molecule has 0 radical (unpaired) electrons. The highest BCUT2D eigenvalue weighted by Crippen LogP contribution is 2.32. The standard InChI is InChI=1S/C24H21N3O3S3/c1-2-30-22(29)19(13-16-9-5-3-6-10-16)27-21(28)20(33-24(27)31)14-25-23-26-18(15-32-23)17-11-7-4-8-12-17/h3-12,14-15,19,28H,2,13H2,1H3/b25-14-. The van der Waals surface area contributed by atoms with Crippen molar-refractivity contribution in [2.24, 2.45) is 4.99 Å². The number of esters is 1. The Labute approximate surface area is 204 Å². The van der Waals surface area contributed by atoms with E-state index in [1.807, 2.05) is 66.0 Å². The fourth-order valence-electron chi connectivity index (χ4n) is 3.29. The Balaban J connectivity index is 1.61. The van der Waals surface area contributed by atoms with Crippen LogP contribution in [0.5, 0.6) is 5.88 Å². The van der Waals surface area contributed by atoms with E-state index >= 15 is 0 Å². The number of carbonyl (C=O) groups excluding carboxylic acids is 1. The predicted octanol–water partition coefficient (Wildman–Crippen LogP) is 6.21. The van der Waals surface area contributed by atoms with E-state index in [2.05, 4.69) is 9.98 Å². The number of hydrogen-bond acceptors (Lipinski definition) is 8. The Bertz CT molecular complexity index is 1310. The van der Waals surface area contributed by atoms with Crippen LogP contribution in [0.2, 0.25) is 0 Å². The number of carbonyl (C=O) groups is 1. The first kappa shape index (κ1) is 23.0. The topological polar surface area (TPSA) is 76.7 Å². The molecule has 1 N–H and O–H groups in total. The summed E-state index contributed by atoms with van der Waals surface area (Å²) in [6, 6.07) is 18.6. The molecule has 0 fully saturated rings. The fourth-order valence-corrected chi connectivity index (χ4v) is 5.24. The van der Waals surface area contributed by atoms with Crippen LogP contribution < -0.4 is 0 Å². The van der Waals surface area contributed by atoms with Gasteiger partial charge in [-0.2, -0.15) is 0 Å². The predicted molar refractivity (Wildman–Crippen MR) is 135 cm³/mol. The van der Waals surface area contributed by atoms with Gasteiger partial charge in [-0.25, -0.2) is 14.8 Å². The third-order valence-corrected chi connectivity index (χ3v) is 6.91. The zero-order valence-corrected chi connectivity index (χ0v) is 20.2. The van der Waals surface area contributed by atoms with E-state index in [1.165, 1.54) is 33.5 Å². The molecule has 9 heteroatoms. The van der Waals surface area contributed by atoms with E-state index < -0.39 is 12.0 Å². The first-order valence-electron chi connectivity index (χ1n) is 10.3. The zero-order chi connectivity index (χ0) is 23.2. The van der Waals surface area contributed by atoms with E-state index in [9.17, 15) is 9.90 Å². The van der Waals surface area contributed by atoms with Crippen molar-refractivity contribution in [1.29, 1.82) is 0 Å². The molecule has 2 aromatic heterocycles. The Morgan fingerprint density at radius 2 is 1.91 bits per heavy atom. The number of nitrogens with zero attached hydrogens (tertiary/aromatic N) is 3. The van der Waals surface area contributed by atoms with E-state index in [0.717, 1.165) is 16.8 Å². The van der Waals surface area contributed by atoms with Crippen molar-refractivity contribution >= 4 is 52.2 Å². The third kappa shape index (κ3) is 5.44. The molecule has 4 aromatic rings. The van der Waals surface area contributed by atoms with Crippen LogP contribution >= 0.6 is 34.9 Å². The molecule has 2 heterocycles. The van der Waals surface area contributed by atoms with Crippen molar-refractivity contribution in [3.05, 3.63) is 80.4 Å². The Kier molecular flexibility index (Phi) is 7.43. The van der Waals surface area contributed by atoms with Gasteiger partial charge in [-0.3, -0.25) is 4.57 Å². The highest BCUT2D eigenvalue weighted by atomic mass is 32.1. The highest BCUT2D eigenvalue weighted by Gasteiger charge is 2.27. The second kappa shape index (κ2) is 10.7. The average molecular weight is 496 g/mol. The summed E-state index contributed by atoms with van der Waals surface area (Å²) < 4.78 is 7.09. The summed E-state index contributed by atoms with van der Waals surface area (Å²) in [5, 5.41) is 13.4. The molecule has 1 unspecified atom stereocenters. The van der Waals surface area contributed by atoms with Crippen LogP contribution in [-0.2, 0) is 16.0 Å². The summed E-state index contributed by atoms with van der Waals surface area (Å²) >= 11 is 8.09. The molecular formula is C24H21N3O3S3. The normalized spacial score (nSPS) is 12.2. The molecule has 0 spiro atoms. The lowest BCUT2D eigenvalue weighted by Crippen LogP contribution is -2.24. The minimum absolute atomic E-state index is 0.109. The van der Waals surface area contributed by atoms with Crippen molar-refractivity contribution in [3.63, 3.8) is 0 Å². The first-order valence-corrected chi connectivity index (χ1v) is 12.4. The van der Waals surface area contributed by atoms with Crippen molar-refractivity contribution in [3.8, 4) is 17.1 Å². The molecule has 168 valence electrons. The van der Waals surface area contributed by atoms with Crippen LogP contribution in [0.25, 0.3) is 11.3 Å². The Morgan fingerprint density at radius 1 is 1.21 bits per heavy atom. The molecule has 0 aliphatic heterocycles. The number of aromatic hydroxyl groups is 1. The van der Waals surface area contributed by atoms with Crippen LogP contribution in [0.15, 0.2) is 71.0 Å². The number of hydrogen-bond donors (Lipinski definition) is 1. The van der Waals surface area contributed by atoms with Crippen LogP contribution in [0, 0.1) is 3.95 Å². The average Bonchev–Trinajstić information content (AvgIpc) is 3.42. The van der Waals surface area contributed by atoms with Crippen LogP contribution in [-0.4, -0.2) is 33.4 Å². The van der Waals surface area contributed by atoms with Gasteiger partial charge in [0, 0.05) is 17.4 Å². The van der Waals surface area contributed by atoms with Gasteiger partial charge in [0.1, 0.15) is 10.9 Å². The molecular weight excluding hydrogens is 474 g/mol. The van der Waals surface area contributed by atoms with Gasteiger partial charge in [0.25, 0.3) is 0 Å². The summed E-state index contributed by atoms with van der Waals surface area (Å²) in [4.78, 5) is 22.2. The van der Waals surface area contributed by atoms with Crippen LogP contribution in [0.1, 0.15) is 23.4 Å². The number of benzene rings is 2. The molecule has 2 aromatic carbocycles. The summed E-state index contributed by atoms with van der Waals surface area (Å²) in [7, 11) is 0. The SMILES string of the molecule is CCOC(=O)C(Cc1ccccc1)n1c(O)c(/C=N\c2nc(-c3ccccc3)cs2)sc1=S. The first-order chi connectivity index (χ1) is 16.1. The molecule has 4 rings (SSSR count). The number of aromatic nitrogens is 2. The van der Waals surface area contributed by atoms with Gasteiger partial charge < -0.3 is 9.84 Å². The molecule has 0 saturated heterocycles.